The van der Waals surface area contributed by atoms with Gasteiger partial charge in [0.1, 0.15) is 5.75 Å². The molecule has 0 heterocycles. The van der Waals surface area contributed by atoms with Crippen molar-refractivity contribution in [3.8, 4) is 5.75 Å². The zero-order valence-corrected chi connectivity index (χ0v) is 12.3. The second kappa shape index (κ2) is 7.36. The Morgan fingerprint density at radius 2 is 2.16 bits per heavy atom. The molecule has 1 amide bonds. The van der Waals surface area contributed by atoms with E-state index >= 15 is 0 Å². The molecule has 3 N–H and O–H groups in total. The van der Waals surface area contributed by atoms with Crippen molar-refractivity contribution in [3.63, 3.8) is 0 Å². The Kier molecular flexibility index (Phi) is 6.12. The van der Waals surface area contributed by atoms with Crippen molar-refractivity contribution < 1.29 is 9.53 Å². The number of methoxy groups -OCH3 is 1. The van der Waals surface area contributed by atoms with Crippen LogP contribution >= 0.6 is 11.6 Å². The second-order valence-electron chi connectivity index (χ2n) is 4.88. The maximum Gasteiger partial charge on any atom is 0.255 e. The Labute approximate surface area is 119 Å². The minimum atomic E-state index is -0.213. The summed E-state index contributed by atoms with van der Waals surface area (Å²) in [6.45, 7) is 4.59. The SMILES string of the molecule is COc1ccc(Cl)cc1C(=O)NC(CN)CC(C)C. The lowest BCUT2D eigenvalue weighted by molar-refractivity contribution is 0.0930. The van der Waals surface area contributed by atoms with Gasteiger partial charge in [-0.05, 0) is 30.5 Å². The Morgan fingerprint density at radius 1 is 1.47 bits per heavy atom. The van der Waals surface area contributed by atoms with Crippen molar-refractivity contribution in [2.45, 2.75) is 26.3 Å². The molecule has 1 aromatic rings. The van der Waals surface area contributed by atoms with Crippen LogP contribution in [0.1, 0.15) is 30.6 Å². The van der Waals surface area contributed by atoms with Crippen molar-refractivity contribution in [1.29, 1.82) is 0 Å². The van der Waals surface area contributed by atoms with Crippen LogP contribution in [-0.2, 0) is 0 Å². The smallest absolute Gasteiger partial charge is 0.255 e. The highest BCUT2D eigenvalue weighted by Gasteiger charge is 2.17. The second-order valence-corrected chi connectivity index (χ2v) is 5.32. The Morgan fingerprint density at radius 3 is 2.68 bits per heavy atom. The third-order valence-corrected chi connectivity index (χ3v) is 3.02. The topological polar surface area (TPSA) is 64.3 Å². The van der Waals surface area contributed by atoms with Gasteiger partial charge in [0, 0.05) is 17.6 Å². The first-order chi connectivity index (χ1) is 8.97. The molecule has 4 nitrogen and oxygen atoms in total. The third-order valence-electron chi connectivity index (χ3n) is 2.78. The fourth-order valence-electron chi connectivity index (χ4n) is 1.90. The molecular formula is C14H21ClN2O2. The van der Waals surface area contributed by atoms with Crippen molar-refractivity contribution in [1.82, 2.24) is 5.32 Å². The molecule has 0 aliphatic rings. The van der Waals surface area contributed by atoms with Crippen LogP contribution in [0.2, 0.25) is 5.02 Å². The molecule has 0 bridgehead atoms. The normalized spacial score (nSPS) is 12.3. The first-order valence-corrected chi connectivity index (χ1v) is 6.70. The zero-order valence-electron chi connectivity index (χ0n) is 11.6. The average molecular weight is 285 g/mol. The monoisotopic (exact) mass is 284 g/mol. The summed E-state index contributed by atoms with van der Waals surface area (Å²) in [5.41, 5.74) is 6.10. The third kappa shape index (κ3) is 4.73. The largest absolute Gasteiger partial charge is 0.496 e. The van der Waals surface area contributed by atoms with Crippen LogP contribution < -0.4 is 15.8 Å². The van der Waals surface area contributed by atoms with E-state index in [9.17, 15) is 4.79 Å². The Hall–Kier alpha value is -1.26. The van der Waals surface area contributed by atoms with E-state index in [0.717, 1.165) is 6.42 Å². The molecule has 0 radical (unpaired) electrons. The number of benzene rings is 1. The number of carbonyl (C=O) groups is 1. The minimum Gasteiger partial charge on any atom is -0.496 e. The molecule has 0 aliphatic carbocycles. The molecule has 1 aromatic carbocycles. The lowest BCUT2D eigenvalue weighted by Crippen LogP contribution is -2.41. The van der Waals surface area contributed by atoms with Gasteiger partial charge >= 0.3 is 0 Å². The Balaban J connectivity index is 2.84. The number of amides is 1. The molecule has 0 saturated heterocycles. The predicted octanol–water partition coefficient (Wildman–Crippen LogP) is 2.45. The zero-order chi connectivity index (χ0) is 14.4. The average Bonchev–Trinajstić information content (AvgIpc) is 2.37. The summed E-state index contributed by atoms with van der Waals surface area (Å²) in [6.07, 6.45) is 0.838. The van der Waals surface area contributed by atoms with Crippen LogP contribution in [0.5, 0.6) is 5.75 Å². The molecule has 106 valence electrons. The summed E-state index contributed by atoms with van der Waals surface area (Å²) >= 11 is 5.91. The van der Waals surface area contributed by atoms with Gasteiger partial charge in [-0.2, -0.15) is 0 Å². The van der Waals surface area contributed by atoms with E-state index in [1.54, 1.807) is 18.2 Å². The maximum atomic E-state index is 12.2. The van der Waals surface area contributed by atoms with Crippen LogP contribution in [0.4, 0.5) is 0 Å². The molecule has 1 atom stereocenters. The van der Waals surface area contributed by atoms with Gasteiger partial charge in [-0.3, -0.25) is 4.79 Å². The number of hydrogen-bond acceptors (Lipinski definition) is 3. The number of nitrogens with two attached hydrogens (primary N) is 1. The van der Waals surface area contributed by atoms with Gasteiger partial charge < -0.3 is 15.8 Å². The number of ether oxygens (including phenoxy) is 1. The van der Waals surface area contributed by atoms with Gasteiger partial charge in [-0.15, -0.1) is 0 Å². The van der Waals surface area contributed by atoms with Crippen LogP contribution in [0.3, 0.4) is 0 Å². The van der Waals surface area contributed by atoms with Crippen molar-refractivity contribution in [2.75, 3.05) is 13.7 Å². The van der Waals surface area contributed by atoms with Crippen LogP contribution in [0.15, 0.2) is 18.2 Å². The van der Waals surface area contributed by atoms with E-state index in [1.165, 1.54) is 7.11 Å². The molecule has 0 saturated carbocycles. The van der Waals surface area contributed by atoms with Gasteiger partial charge in [0.15, 0.2) is 0 Å². The molecule has 1 unspecified atom stereocenters. The van der Waals surface area contributed by atoms with E-state index in [1.807, 2.05) is 0 Å². The highest BCUT2D eigenvalue weighted by atomic mass is 35.5. The van der Waals surface area contributed by atoms with Gasteiger partial charge in [-0.25, -0.2) is 0 Å². The molecule has 5 heteroatoms. The van der Waals surface area contributed by atoms with Crippen LogP contribution in [0, 0.1) is 5.92 Å². The predicted molar refractivity (Wildman–Crippen MR) is 77.8 cm³/mol. The van der Waals surface area contributed by atoms with Crippen molar-refractivity contribution in [2.24, 2.45) is 11.7 Å². The Bertz CT molecular complexity index is 435. The summed E-state index contributed by atoms with van der Waals surface area (Å²) in [7, 11) is 1.52. The van der Waals surface area contributed by atoms with Crippen LogP contribution in [0.25, 0.3) is 0 Å². The van der Waals surface area contributed by atoms with Crippen molar-refractivity contribution >= 4 is 17.5 Å². The first-order valence-electron chi connectivity index (χ1n) is 6.32. The summed E-state index contributed by atoms with van der Waals surface area (Å²) in [5, 5.41) is 3.41. The number of carbonyl (C=O) groups excluding carboxylic acids is 1. The molecule has 1 rings (SSSR count). The van der Waals surface area contributed by atoms with E-state index in [0.29, 0.717) is 28.8 Å². The standard InChI is InChI=1S/C14H21ClN2O2/c1-9(2)6-11(8-16)17-14(18)12-7-10(15)4-5-13(12)19-3/h4-5,7,9,11H,6,8,16H2,1-3H3,(H,17,18). The van der Waals surface area contributed by atoms with E-state index in [2.05, 4.69) is 19.2 Å². The maximum absolute atomic E-state index is 12.2. The molecule has 19 heavy (non-hydrogen) atoms. The fraction of sp³-hybridized carbons (Fsp3) is 0.500. The number of hydrogen-bond donors (Lipinski definition) is 2. The number of nitrogens with one attached hydrogen (secondary N) is 1. The van der Waals surface area contributed by atoms with E-state index < -0.39 is 0 Å². The minimum absolute atomic E-state index is 0.0452. The highest BCUT2D eigenvalue weighted by molar-refractivity contribution is 6.31. The quantitative estimate of drug-likeness (QED) is 0.843. The molecule has 0 aliphatic heterocycles. The van der Waals surface area contributed by atoms with Crippen LogP contribution in [-0.4, -0.2) is 25.6 Å². The van der Waals surface area contributed by atoms with E-state index in [4.69, 9.17) is 22.1 Å². The van der Waals surface area contributed by atoms with Gasteiger partial charge in [0.05, 0.1) is 12.7 Å². The highest BCUT2D eigenvalue weighted by Crippen LogP contribution is 2.22. The van der Waals surface area contributed by atoms with Crippen molar-refractivity contribution in [3.05, 3.63) is 28.8 Å². The first kappa shape index (κ1) is 15.8. The summed E-state index contributed by atoms with van der Waals surface area (Å²) in [6, 6.07) is 4.91. The summed E-state index contributed by atoms with van der Waals surface area (Å²) in [4.78, 5) is 12.2. The molecular weight excluding hydrogens is 264 g/mol. The summed E-state index contributed by atoms with van der Waals surface area (Å²) in [5.74, 6) is 0.757. The van der Waals surface area contributed by atoms with E-state index in [-0.39, 0.29) is 11.9 Å². The molecule has 0 aromatic heterocycles. The van der Waals surface area contributed by atoms with Gasteiger partial charge in [-0.1, -0.05) is 25.4 Å². The summed E-state index contributed by atoms with van der Waals surface area (Å²) < 4.78 is 5.17. The number of rotatable bonds is 6. The number of halogens is 1. The lowest BCUT2D eigenvalue weighted by atomic mass is 10.0. The fourth-order valence-corrected chi connectivity index (χ4v) is 2.08. The molecule has 0 spiro atoms. The van der Waals surface area contributed by atoms with Gasteiger partial charge in [0.2, 0.25) is 0 Å². The lowest BCUT2D eigenvalue weighted by Gasteiger charge is -2.19. The molecule has 0 fully saturated rings. The van der Waals surface area contributed by atoms with Gasteiger partial charge in [0.25, 0.3) is 5.91 Å².